The summed E-state index contributed by atoms with van der Waals surface area (Å²) in [7, 11) is 0. The normalized spacial score (nSPS) is 20.7. The van der Waals surface area contributed by atoms with E-state index in [0.717, 1.165) is 67.7 Å². The van der Waals surface area contributed by atoms with Gasteiger partial charge in [-0.2, -0.15) is 0 Å². The number of rotatable bonds is 10. The Labute approximate surface area is 206 Å². The SMILES string of the molecule is O=C(CN1CCC[C@@H]1CO)Nc1ccc(Cc2ccc(NC(=O)CN3CCC[C@@H]3CO)cc2)cc1. The van der Waals surface area contributed by atoms with Crippen molar-refractivity contribution in [2.45, 2.75) is 44.2 Å². The maximum absolute atomic E-state index is 12.4. The number of carbonyl (C=O) groups excluding carboxylic acids is 2. The zero-order valence-electron chi connectivity index (χ0n) is 20.2. The summed E-state index contributed by atoms with van der Waals surface area (Å²) in [5.41, 5.74) is 3.78. The van der Waals surface area contributed by atoms with Gasteiger partial charge in [0.25, 0.3) is 0 Å². The lowest BCUT2D eigenvalue weighted by molar-refractivity contribution is -0.118. The molecule has 0 radical (unpaired) electrons. The standard InChI is InChI=1S/C27H36N4O4/c32-18-24-3-1-13-30(24)16-26(34)28-22-9-5-20(6-10-22)15-21-7-11-23(12-8-21)29-27(35)17-31-14-2-4-25(31)19-33/h5-12,24-25,32-33H,1-4,13-19H2,(H,28,34)(H,29,35)/t24-,25-/m1/s1. The number of nitrogens with zero attached hydrogens (tertiary/aromatic N) is 2. The Morgan fingerprint density at radius 1 is 0.714 bits per heavy atom. The van der Waals surface area contributed by atoms with Gasteiger partial charge in [0.2, 0.25) is 11.8 Å². The van der Waals surface area contributed by atoms with Crippen molar-refractivity contribution in [2.75, 3.05) is 50.0 Å². The minimum atomic E-state index is -0.0626. The fourth-order valence-electron chi connectivity index (χ4n) is 5.04. The van der Waals surface area contributed by atoms with Gasteiger partial charge in [0.15, 0.2) is 0 Å². The Morgan fingerprint density at radius 2 is 1.11 bits per heavy atom. The molecule has 0 aliphatic carbocycles. The summed E-state index contributed by atoms with van der Waals surface area (Å²) in [6.07, 6.45) is 4.67. The minimum absolute atomic E-state index is 0.0626. The highest BCUT2D eigenvalue weighted by Gasteiger charge is 2.26. The van der Waals surface area contributed by atoms with Crippen LogP contribution in [0.1, 0.15) is 36.8 Å². The van der Waals surface area contributed by atoms with E-state index in [9.17, 15) is 19.8 Å². The van der Waals surface area contributed by atoms with Gasteiger partial charge in [0, 0.05) is 23.5 Å². The van der Waals surface area contributed by atoms with Gasteiger partial charge >= 0.3 is 0 Å². The second-order valence-electron chi connectivity index (χ2n) is 9.57. The molecule has 4 rings (SSSR count). The lowest BCUT2D eigenvalue weighted by atomic mass is 10.0. The molecule has 0 unspecified atom stereocenters. The molecule has 2 atom stereocenters. The Kier molecular flexibility index (Phi) is 8.87. The van der Waals surface area contributed by atoms with Crippen LogP contribution < -0.4 is 10.6 Å². The number of aliphatic hydroxyl groups excluding tert-OH is 2. The van der Waals surface area contributed by atoms with Crippen LogP contribution in [0.2, 0.25) is 0 Å². The topological polar surface area (TPSA) is 105 Å². The molecule has 2 saturated heterocycles. The third-order valence-corrected chi connectivity index (χ3v) is 7.00. The zero-order valence-corrected chi connectivity index (χ0v) is 20.2. The van der Waals surface area contributed by atoms with E-state index >= 15 is 0 Å². The second kappa shape index (κ2) is 12.3. The molecule has 0 saturated carbocycles. The van der Waals surface area contributed by atoms with Crippen LogP contribution in [-0.2, 0) is 16.0 Å². The molecule has 2 aromatic carbocycles. The Bertz CT molecular complexity index is 900. The van der Waals surface area contributed by atoms with Crippen LogP contribution in [0.4, 0.5) is 11.4 Å². The third kappa shape index (κ3) is 7.11. The lowest BCUT2D eigenvalue weighted by Crippen LogP contribution is -2.38. The third-order valence-electron chi connectivity index (χ3n) is 7.00. The fraction of sp³-hybridized carbons (Fsp3) is 0.481. The molecule has 2 aliphatic rings. The molecular formula is C27H36N4O4. The van der Waals surface area contributed by atoms with Crippen LogP contribution in [0.3, 0.4) is 0 Å². The summed E-state index contributed by atoms with van der Waals surface area (Å²) in [6, 6.07) is 15.8. The maximum Gasteiger partial charge on any atom is 0.238 e. The fourth-order valence-corrected chi connectivity index (χ4v) is 5.04. The molecule has 188 valence electrons. The molecular weight excluding hydrogens is 444 g/mol. The average Bonchev–Trinajstić information content (AvgIpc) is 3.50. The van der Waals surface area contributed by atoms with Crippen molar-refractivity contribution in [3.05, 3.63) is 59.7 Å². The van der Waals surface area contributed by atoms with Gasteiger partial charge in [-0.05, 0) is 80.6 Å². The molecule has 0 bridgehead atoms. The molecule has 2 heterocycles. The molecule has 2 aliphatic heterocycles. The highest BCUT2D eigenvalue weighted by molar-refractivity contribution is 5.92. The molecule has 0 aromatic heterocycles. The Balaban J connectivity index is 1.23. The molecule has 4 N–H and O–H groups in total. The summed E-state index contributed by atoms with van der Waals surface area (Å²) in [4.78, 5) is 28.8. The summed E-state index contributed by atoms with van der Waals surface area (Å²) in [5, 5.41) is 24.7. The molecule has 0 spiro atoms. The van der Waals surface area contributed by atoms with Gasteiger partial charge in [0.1, 0.15) is 0 Å². The quantitative estimate of drug-likeness (QED) is 0.415. The van der Waals surface area contributed by atoms with Crippen LogP contribution in [0.15, 0.2) is 48.5 Å². The number of aliphatic hydroxyl groups is 2. The predicted molar refractivity (Wildman–Crippen MR) is 136 cm³/mol. The molecule has 35 heavy (non-hydrogen) atoms. The zero-order chi connectivity index (χ0) is 24.6. The van der Waals surface area contributed by atoms with E-state index < -0.39 is 0 Å². The van der Waals surface area contributed by atoms with Crippen molar-refractivity contribution in [1.29, 1.82) is 0 Å². The predicted octanol–water partition coefficient (Wildman–Crippen LogP) is 2.07. The molecule has 8 heteroatoms. The minimum Gasteiger partial charge on any atom is -0.395 e. The lowest BCUT2D eigenvalue weighted by Gasteiger charge is -2.21. The summed E-state index contributed by atoms with van der Waals surface area (Å²) >= 11 is 0. The second-order valence-corrected chi connectivity index (χ2v) is 9.57. The number of benzene rings is 2. The first-order chi connectivity index (χ1) is 17.0. The Morgan fingerprint density at radius 3 is 1.49 bits per heavy atom. The van der Waals surface area contributed by atoms with E-state index in [1.807, 2.05) is 58.3 Å². The number of hydrogen-bond acceptors (Lipinski definition) is 6. The molecule has 2 amide bonds. The highest BCUT2D eigenvalue weighted by atomic mass is 16.3. The highest BCUT2D eigenvalue weighted by Crippen LogP contribution is 2.19. The summed E-state index contributed by atoms with van der Waals surface area (Å²) in [5.74, 6) is -0.125. The van der Waals surface area contributed by atoms with E-state index in [4.69, 9.17) is 0 Å². The number of nitrogens with one attached hydrogen (secondary N) is 2. The number of anilines is 2. The van der Waals surface area contributed by atoms with Gasteiger partial charge in [0.05, 0.1) is 26.3 Å². The first kappa shape index (κ1) is 25.3. The first-order valence-electron chi connectivity index (χ1n) is 12.5. The Hall–Kier alpha value is -2.78. The van der Waals surface area contributed by atoms with E-state index in [2.05, 4.69) is 10.6 Å². The van der Waals surface area contributed by atoms with Crippen molar-refractivity contribution in [3.63, 3.8) is 0 Å². The van der Waals surface area contributed by atoms with Crippen LogP contribution >= 0.6 is 0 Å². The van der Waals surface area contributed by atoms with Gasteiger partial charge in [-0.25, -0.2) is 0 Å². The number of amides is 2. The van der Waals surface area contributed by atoms with E-state index in [0.29, 0.717) is 13.1 Å². The van der Waals surface area contributed by atoms with Gasteiger partial charge in [-0.15, -0.1) is 0 Å². The first-order valence-corrected chi connectivity index (χ1v) is 12.5. The van der Waals surface area contributed by atoms with E-state index in [-0.39, 0.29) is 37.1 Å². The average molecular weight is 481 g/mol. The largest absolute Gasteiger partial charge is 0.395 e. The molecule has 2 fully saturated rings. The molecule has 8 nitrogen and oxygen atoms in total. The summed E-state index contributed by atoms with van der Waals surface area (Å²) < 4.78 is 0. The van der Waals surface area contributed by atoms with Crippen LogP contribution in [0, 0.1) is 0 Å². The van der Waals surface area contributed by atoms with Crippen LogP contribution in [0.25, 0.3) is 0 Å². The van der Waals surface area contributed by atoms with Gasteiger partial charge in [-0.1, -0.05) is 24.3 Å². The van der Waals surface area contributed by atoms with Gasteiger partial charge < -0.3 is 20.8 Å². The van der Waals surface area contributed by atoms with E-state index in [1.165, 1.54) is 0 Å². The van der Waals surface area contributed by atoms with Crippen LogP contribution in [0.5, 0.6) is 0 Å². The number of hydrogen-bond donors (Lipinski definition) is 4. The van der Waals surface area contributed by atoms with Crippen molar-refractivity contribution in [3.8, 4) is 0 Å². The van der Waals surface area contributed by atoms with Gasteiger partial charge in [-0.3, -0.25) is 19.4 Å². The maximum atomic E-state index is 12.4. The number of likely N-dealkylation sites (tertiary alicyclic amines) is 2. The number of carbonyl (C=O) groups is 2. The smallest absolute Gasteiger partial charge is 0.238 e. The molecule has 2 aromatic rings. The van der Waals surface area contributed by atoms with Crippen molar-refractivity contribution in [2.24, 2.45) is 0 Å². The van der Waals surface area contributed by atoms with E-state index in [1.54, 1.807) is 0 Å². The summed E-state index contributed by atoms with van der Waals surface area (Å²) in [6.45, 7) is 2.50. The van der Waals surface area contributed by atoms with Crippen molar-refractivity contribution in [1.82, 2.24) is 9.80 Å². The van der Waals surface area contributed by atoms with Crippen molar-refractivity contribution >= 4 is 23.2 Å². The monoisotopic (exact) mass is 480 g/mol. The van der Waals surface area contributed by atoms with Crippen LogP contribution in [-0.4, -0.2) is 83.3 Å². The van der Waals surface area contributed by atoms with Crippen molar-refractivity contribution < 1.29 is 19.8 Å².